The number of rotatable bonds is 1. The van der Waals surface area contributed by atoms with Crippen molar-refractivity contribution in [2.24, 2.45) is 0 Å². The normalized spacial score (nSPS) is 11.8. The first kappa shape index (κ1) is 10.3. The van der Waals surface area contributed by atoms with Gasteiger partial charge in [0, 0.05) is 14.1 Å². The van der Waals surface area contributed by atoms with Crippen LogP contribution in [0, 0.1) is 0 Å². The molecular formula is C4H6Cl3NO2. The second-order valence-electron chi connectivity index (χ2n) is 1.69. The Hall–Kier alpha value is 0.300. The molecule has 0 bridgehead atoms. The number of hydrogen-bond acceptors (Lipinski definition) is 3. The van der Waals surface area contributed by atoms with Crippen LogP contribution in [0.3, 0.4) is 0 Å². The second kappa shape index (κ2) is 3.62. The van der Waals surface area contributed by atoms with Crippen molar-refractivity contribution in [3.8, 4) is 0 Å². The van der Waals surface area contributed by atoms with E-state index in [2.05, 4.69) is 4.84 Å². The van der Waals surface area contributed by atoms with Crippen molar-refractivity contribution in [1.82, 2.24) is 5.06 Å². The van der Waals surface area contributed by atoms with Crippen molar-refractivity contribution < 1.29 is 9.63 Å². The molecule has 0 heterocycles. The van der Waals surface area contributed by atoms with Crippen LogP contribution in [0.25, 0.3) is 0 Å². The van der Waals surface area contributed by atoms with Gasteiger partial charge in [-0.2, -0.15) is 0 Å². The van der Waals surface area contributed by atoms with Crippen molar-refractivity contribution in [2.75, 3.05) is 14.1 Å². The van der Waals surface area contributed by atoms with Gasteiger partial charge in [-0.25, -0.2) is 4.79 Å². The minimum Gasteiger partial charge on any atom is -0.365 e. The molecule has 6 heteroatoms. The molecule has 0 aromatic carbocycles. The highest BCUT2D eigenvalue weighted by atomic mass is 35.6. The van der Waals surface area contributed by atoms with E-state index in [0.717, 1.165) is 5.06 Å². The van der Waals surface area contributed by atoms with Crippen LogP contribution < -0.4 is 0 Å². The fourth-order valence-corrected chi connectivity index (χ4v) is 0.321. The van der Waals surface area contributed by atoms with E-state index in [1.54, 1.807) is 0 Å². The summed E-state index contributed by atoms with van der Waals surface area (Å²) >= 11 is 15.5. The van der Waals surface area contributed by atoms with Crippen molar-refractivity contribution in [3.63, 3.8) is 0 Å². The average Bonchev–Trinajstić information content (AvgIpc) is 1.60. The lowest BCUT2D eigenvalue weighted by atomic mass is 10.8. The Labute approximate surface area is 73.7 Å². The molecular weight excluding hydrogens is 200 g/mol. The van der Waals surface area contributed by atoms with Crippen LogP contribution >= 0.6 is 34.8 Å². The van der Waals surface area contributed by atoms with E-state index >= 15 is 0 Å². The lowest BCUT2D eigenvalue weighted by molar-refractivity contribution is -0.177. The van der Waals surface area contributed by atoms with Gasteiger partial charge in [0.25, 0.3) is 3.79 Å². The third-order valence-electron chi connectivity index (χ3n) is 0.497. The molecule has 60 valence electrons. The van der Waals surface area contributed by atoms with Gasteiger partial charge in [0.15, 0.2) is 0 Å². The van der Waals surface area contributed by atoms with E-state index in [9.17, 15) is 4.79 Å². The molecule has 0 amide bonds. The zero-order valence-electron chi connectivity index (χ0n) is 5.40. The molecule has 3 nitrogen and oxygen atoms in total. The van der Waals surface area contributed by atoms with Gasteiger partial charge in [0.05, 0.1) is 0 Å². The van der Waals surface area contributed by atoms with E-state index in [1.165, 1.54) is 14.1 Å². The highest BCUT2D eigenvalue weighted by Crippen LogP contribution is 2.27. The maximum Gasteiger partial charge on any atom is 0.377 e. The summed E-state index contributed by atoms with van der Waals surface area (Å²) in [6.07, 6.45) is 0. The summed E-state index contributed by atoms with van der Waals surface area (Å²) in [6.45, 7) is 0. The van der Waals surface area contributed by atoms with Crippen molar-refractivity contribution in [3.05, 3.63) is 0 Å². The summed E-state index contributed by atoms with van der Waals surface area (Å²) in [5.74, 6) is -0.914. The number of nitrogens with zero attached hydrogens (tertiary/aromatic N) is 1. The minimum atomic E-state index is -2.00. The SMILES string of the molecule is CN(C)OC(=O)C(Cl)(Cl)Cl. The summed E-state index contributed by atoms with van der Waals surface area (Å²) in [6, 6.07) is 0. The molecule has 0 saturated heterocycles. The molecule has 0 aliphatic carbocycles. The quantitative estimate of drug-likeness (QED) is 0.479. The van der Waals surface area contributed by atoms with Crippen molar-refractivity contribution in [1.29, 1.82) is 0 Å². The van der Waals surface area contributed by atoms with E-state index in [1.807, 2.05) is 0 Å². The molecule has 0 aromatic rings. The van der Waals surface area contributed by atoms with Crippen LogP contribution in [0.4, 0.5) is 0 Å². The van der Waals surface area contributed by atoms with Crippen molar-refractivity contribution in [2.45, 2.75) is 3.79 Å². The Morgan fingerprint density at radius 2 is 1.80 bits per heavy atom. The standard InChI is InChI=1S/C4H6Cl3NO2/c1-8(2)10-3(9)4(5,6)7/h1-2H3. The molecule has 0 aliphatic heterocycles. The van der Waals surface area contributed by atoms with Crippen LogP contribution in [-0.4, -0.2) is 28.9 Å². The molecule has 0 rings (SSSR count). The number of carbonyl (C=O) groups excluding carboxylic acids is 1. The molecule has 0 aromatic heterocycles. The summed E-state index contributed by atoms with van der Waals surface area (Å²) < 4.78 is -2.00. The van der Waals surface area contributed by atoms with Crippen LogP contribution in [-0.2, 0) is 9.63 Å². The Kier molecular flexibility index (Phi) is 3.73. The lowest BCUT2D eigenvalue weighted by Crippen LogP contribution is -2.28. The fourth-order valence-electron chi connectivity index (χ4n) is 0.218. The molecule has 0 saturated carbocycles. The summed E-state index contributed by atoms with van der Waals surface area (Å²) in [4.78, 5) is 15.0. The van der Waals surface area contributed by atoms with Gasteiger partial charge >= 0.3 is 5.97 Å². The summed E-state index contributed by atoms with van der Waals surface area (Å²) in [7, 11) is 3.02. The van der Waals surface area contributed by atoms with Crippen LogP contribution in [0.5, 0.6) is 0 Å². The number of alkyl halides is 3. The lowest BCUT2D eigenvalue weighted by Gasteiger charge is -2.13. The molecule has 0 atom stereocenters. The number of hydrogen-bond donors (Lipinski definition) is 0. The first-order chi connectivity index (χ1) is 4.34. The monoisotopic (exact) mass is 205 g/mol. The smallest absolute Gasteiger partial charge is 0.365 e. The molecule has 0 N–H and O–H groups in total. The Balaban J connectivity index is 3.87. The number of carbonyl (C=O) groups is 1. The predicted octanol–water partition coefficient (Wildman–Crippen LogP) is 1.38. The summed E-state index contributed by atoms with van der Waals surface area (Å²) in [5, 5.41) is 1.14. The number of halogens is 3. The topological polar surface area (TPSA) is 29.5 Å². The zero-order chi connectivity index (χ0) is 8.36. The van der Waals surface area contributed by atoms with Gasteiger partial charge in [-0.1, -0.05) is 34.8 Å². The van der Waals surface area contributed by atoms with Gasteiger partial charge in [0.1, 0.15) is 0 Å². The highest BCUT2D eigenvalue weighted by Gasteiger charge is 2.33. The first-order valence-corrected chi connectivity index (χ1v) is 3.44. The van der Waals surface area contributed by atoms with E-state index < -0.39 is 9.76 Å². The molecule has 0 spiro atoms. The third-order valence-corrected chi connectivity index (χ3v) is 0.960. The largest absolute Gasteiger partial charge is 0.377 e. The van der Waals surface area contributed by atoms with E-state index in [0.29, 0.717) is 0 Å². The minimum absolute atomic E-state index is 0.914. The Morgan fingerprint density at radius 1 is 1.40 bits per heavy atom. The van der Waals surface area contributed by atoms with Gasteiger partial charge < -0.3 is 4.84 Å². The van der Waals surface area contributed by atoms with E-state index in [4.69, 9.17) is 34.8 Å². The first-order valence-electron chi connectivity index (χ1n) is 2.30. The number of hydroxylamine groups is 2. The van der Waals surface area contributed by atoms with Gasteiger partial charge in [0.2, 0.25) is 0 Å². The van der Waals surface area contributed by atoms with Crippen LogP contribution in [0.1, 0.15) is 0 Å². The molecule has 0 unspecified atom stereocenters. The summed E-state index contributed by atoms with van der Waals surface area (Å²) in [5.41, 5.74) is 0. The van der Waals surface area contributed by atoms with Crippen LogP contribution in [0.15, 0.2) is 0 Å². The molecule has 0 radical (unpaired) electrons. The van der Waals surface area contributed by atoms with Gasteiger partial charge in [-0.3, -0.25) is 0 Å². The molecule has 10 heavy (non-hydrogen) atoms. The van der Waals surface area contributed by atoms with E-state index in [-0.39, 0.29) is 0 Å². The molecule has 0 fully saturated rings. The predicted molar refractivity (Wildman–Crippen MR) is 40.1 cm³/mol. The van der Waals surface area contributed by atoms with Gasteiger partial charge in [-0.05, 0) is 0 Å². The second-order valence-corrected chi connectivity index (χ2v) is 3.97. The highest BCUT2D eigenvalue weighted by molar-refractivity contribution is 6.75. The van der Waals surface area contributed by atoms with Crippen LogP contribution in [0.2, 0.25) is 0 Å². The fraction of sp³-hybridized carbons (Fsp3) is 0.750. The molecule has 0 aliphatic rings. The Bertz CT molecular complexity index is 131. The Morgan fingerprint density at radius 3 is 1.90 bits per heavy atom. The maximum atomic E-state index is 10.6. The van der Waals surface area contributed by atoms with Crippen molar-refractivity contribution >= 4 is 40.8 Å². The van der Waals surface area contributed by atoms with Gasteiger partial charge in [-0.15, -0.1) is 5.06 Å². The third kappa shape index (κ3) is 4.17. The maximum absolute atomic E-state index is 10.6. The zero-order valence-corrected chi connectivity index (χ0v) is 7.67. The average molecular weight is 206 g/mol.